The van der Waals surface area contributed by atoms with E-state index in [1.165, 1.54) is 0 Å². The van der Waals surface area contributed by atoms with Gasteiger partial charge in [0.2, 0.25) is 0 Å². The molecule has 96 valence electrons. The fraction of sp³-hybridized carbons (Fsp3) is 0.125. The van der Waals surface area contributed by atoms with Gasteiger partial charge in [-0.3, -0.25) is 9.78 Å². The molecule has 3 nitrogen and oxygen atoms in total. The third-order valence-corrected chi connectivity index (χ3v) is 2.94. The van der Waals surface area contributed by atoms with Crippen LogP contribution in [0.25, 0.3) is 5.57 Å². The van der Waals surface area contributed by atoms with Gasteiger partial charge in [-0.2, -0.15) is 0 Å². The van der Waals surface area contributed by atoms with Crippen molar-refractivity contribution in [1.29, 1.82) is 0 Å². The Bertz CT molecular complexity index is 627. The summed E-state index contributed by atoms with van der Waals surface area (Å²) < 4.78 is 0. The van der Waals surface area contributed by atoms with Crippen LogP contribution < -0.4 is 0 Å². The van der Waals surface area contributed by atoms with Crippen molar-refractivity contribution in [1.82, 2.24) is 4.98 Å². The normalized spacial score (nSPS) is 11.4. The van der Waals surface area contributed by atoms with Crippen molar-refractivity contribution in [3.8, 4) is 5.75 Å². The van der Waals surface area contributed by atoms with Crippen molar-refractivity contribution in [3.05, 3.63) is 65.5 Å². The van der Waals surface area contributed by atoms with Gasteiger partial charge in [-0.1, -0.05) is 12.1 Å². The summed E-state index contributed by atoms with van der Waals surface area (Å²) in [5.74, 6) is 0.155. The van der Waals surface area contributed by atoms with Crippen LogP contribution in [0.3, 0.4) is 0 Å². The molecule has 2 aromatic rings. The first-order chi connectivity index (χ1) is 9.08. The molecule has 0 saturated carbocycles. The molecule has 1 aromatic heterocycles. The van der Waals surface area contributed by atoms with Crippen LogP contribution in [0.2, 0.25) is 0 Å². The number of aryl methyl sites for hydroxylation is 1. The number of hydrogen-bond acceptors (Lipinski definition) is 3. The summed E-state index contributed by atoms with van der Waals surface area (Å²) in [6.07, 6.45) is 3.26. The van der Waals surface area contributed by atoms with Gasteiger partial charge in [0.25, 0.3) is 0 Å². The van der Waals surface area contributed by atoms with Gasteiger partial charge in [0, 0.05) is 17.5 Å². The average Bonchev–Trinajstić information content (AvgIpc) is 2.39. The number of benzene rings is 1. The second-order valence-corrected chi connectivity index (χ2v) is 4.37. The molecule has 1 aromatic carbocycles. The van der Waals surface area contributed by atoms with Crippen LogP contribution >= 0.6 is 0 Å². The maximum absolute atomic E-state index is 12.2. The van der Waals surface area contributed by atoms with E-state index >= 15 is 0 Å². The molecule has 0 fully saturated rings. The predicted octanol–water partition coefficient (Wildman–Crippen LogP) is 3.38. The third kappa shape index (κ3) is 3.07. The van der Waals surface area contributed by atoms with Crippen LogP contribution in [0, 0.1) is 6.92 Å². The molecule has 3 heteroatoms. The number of phenols is 1. The van der Waals surface area contributed by atoms with Crippen molar-refractivity contribution >= 4 is 11.4 Å². The number of hydrogen-bond donors (Lipinski definition) is 1. The minimum atomic E-state index is -0.0591. The Hall–Kier alpha value is -2.42. The quantitative estimate of drug-likeness (QED) is 0.674. The van der Waals surface area contributed by atoms with E-state index < -0.39 is 0 Å². The molecule has 0 spiro atoms. The lowest BCUT2D eigenvalue weighted by atomic mass is 10.0. The molecule has 1 heterocycles. The smallest absolute Gasteiger partial charge is 0.187 e. The summed E-state index contributed by atoms with van der Waals surface area (Å²) in [5.41, 5.74) is 3.10. The summed E-state index contributed by atoms with van der Waals surface area (Å²) in [7, 11) is 0. The summed E-state index contributed by atoms with van der Waals surface area (Å²) in [5, 5.41) is 9.24. The Morgan fingerprint density at radius 3 is 2.53 bits per heavy atom. The topological polar surface area (TPSA) is 50.2 Å². The monoisotopic (exact) mass is 253 g/mol. The lowest BCUT2D eigenvalue weighted by Gasteiger charge is -2.03. The summed E-state index contributed by atoms with van der Waals surface area (Å²) in [6.45, 7) is 3.69. The van der Waals surface area contributed by atoms with Crippen LogP contribution in [0.1, 0.15) is 28.5 Å². The van der Waals surface area contributed by atoms with E-state index in [-0.39, 0.29) is 11.5 Å². The Morgan fingerprint density at radius 2 is 1.89 bits per heavy atom. The standard InChI is InChI=1S/C16H15NO2/c1-11(13-5-7-14(18)8-6-13)10-16(19)15-4-3-9-17-12(15)2/h3-10,18H,1-2H3/b11-10+. The van der Waals surface area contributed by atoms with Gasteiger partial charge in [0.05, 0.1) is 0 Å². The van der Waals surface area contributed by atoms with E-state index in [9.17, 15) is 9.90 Å². The van der Waals surface area contributed by atoms with Crippen molar-refractivity contribution in [2.45, 2.75) is 13.8 Å². The van der Waals surface area contributed by atoms with E-state index in [1.54, 1.807) is 48.7 Å². The molecule has 0 bridgehead atoms. The van der Waals surface area contributed by atoms with E-state index in [2.05, 4.69) is 4.98 Å². The lowest BCUT2D eigenvalue weighted by molar-refractivity contribution is 0.104. The number of ketones is 1. The summed E-state index contributed by atoms with van der Waals surface area (Å²) >= 11 is 0. The zero-order chi connectivity index (χ0) is 13.8. The molecule has 0 aliphatic heterocycles. The molecular formula is C16H15NO2. The minimum Gasteiger partial charge on any atom is -0.508 e. The molecule has 0 saturated heterocycles. The number of pyridine rings is 1. The molecule has 0 atom stereocenters. The van der Waals surface area contributed by atoms with E-state index in [0.29, 0.717) is 5.56 Å². The van der Waals surface area contributed by atoms with E-state index in [1.807, 2.05) is 13.8 Å². The van der Waals surface area contributed by atoms with E-state index in [4.69, 9.17) is 0 Å². The van der Waals surface area contributed by atoms with Gasteiger partial charge in [0.1, 0.15) is 5.75 Å². The van der Waals surface area contributed by atoms with Crippen molar-refractivity contribution in [2.75, 3.05) is 0 Å². The maximum atomic E-state index is 12.2. The predicted molar refractivity (Wildman–Crippen MR) is 75.1 cm³/mol. The molecule has 2 rings (SSSR count). The molecule has 0 amide bonds. The lowest BCUT2D eigenvalue weighted by Crippen LogP contribution is -2.00. The van der Waals surface area contributed by atoms with Crippen molar-refractivity contribution in [3.63, 3.8) is 0 Å². The number of allylic oxidation sites excluding steroid dienone is 2. The second kappa shape index (κ2) is 5.48. The zero-order valence-corrected chi connectivity index (χ0v) is 10.9. The van der Waals surface area contributed by atoms with E-state index in [0.717, 1.165) is 16.8 Å². The van der Waals surface area contributed by atoms with Gasteiger partial charge in [-0.25, -0.2) is 0 Å². The first-order valence-corrected chi connectivity index (χ1v) is 6.01. The molecule has 0 unspecified atom stereocenters. The maximum Gasteiger partial charge on any atom is 0.187 e. The average molecular weight is 253 g/mol. The zero-order valence-electron chi connectivity index (χ0n) is 10.9. The first kappa shape index (κ1) is 13.0. The molecule has 0 aliphatic rings. The number of phenolic OH excluding ortho intramolecular Hbond substituents is 1. The van der Waals surface area contributed by atoms with Crippen LogP contribution in [0.15, 0.2) is 48.7 Å². The highest BCUT2D eigenvalue weighted by atomic mass is 16.3. The van der Waals surface area contributed by atoms with Crippen molar-refractivity contribution in [2.24, 2.45) is 0 Å². The number of nitrogens with zero attached hydrogens (tertiary/aromatic N) is 1. The molecule has 0 radical (unpaired) electrons. The van der Waals surface area contributed by atoms with Crippen LogP contribution in [0.4, 0.5) is 0 Å². The number of carbonyl (C=O) groups excluding carboxylic acids is 1. The SMILES string of the molecule is C/C(=C\C(=O)c1cccnc1C)c1ccc(O)cc1. The fourth-order valence-corrected chi connectivity index (χ4v) is 1.83. The Balaban J connectivity index is 2.28. The highest BCUT2D eigenvalue weighted by molar-refractivity contribution is 6.08. The van der Waals surface area contributed by atoms with Gasteiger partial charge in [0.15, 0.2) is 5.78 Å². The molecule has 0 aliphatic carbocycles. The Morgan fingerprint density at radius 1 is 1.21 bits per heavy atom. The van der Waals surface area contributed by atoms with Gasteiger partial charge in [-0.15, -0.1) is 0 Å². The Kier molecular flexibility index (Phi) is 3.76. The number of carbonyl (C=O) groups is 1. The number of aromatic hydroxyl groups is 1. The molecule has 1 N–H and O–H groups in total. The summed E-state index contributed by atoms with van der Waals surface area (Å²) in [4.78, 5) is 16.3. The number of aromatic nitrogens is 1. The number of rotatable bonds is 3. The van der Waals surface area contributed by atoms with Gasteiger partial charge in [-0.05, 0) is 55.3 Å². The highest BCUT2D eigenvalue weighted by Crippen LogP contribution is 2.18. The van der Waals surface area contributed by atoms with Crippen LogP contribution in [-0.2, 0) is 0 Å². The largest absolute Gasteiger partial charge is 0.508 e. The molecule has 19 heavy (non-hydrogen) atoms. The Labute approximate surface area is 112 Å². The molecular weight excluding hydrogens is 238 g/mol. The van der Waals surface area contributed by atoms with Crippen molar-refractivity contribution < 1.29 is 9.90 Å². The third-order valence-electron chi connectivity index (χ3n) is 2.94. The second-order valence-electron chi connectivity index (χ2n) is 4.37. The van der Waals surface area contributed by atoms with Crippen LogP contribution in [0.5, 0.6) is 5.75 Å². The highest BCUT2D eigenvalue weighted by Gasteiger charge is 2.07. The first-order valence-electron chi connectivity index (χ1n) is 6.01. The van der Waals surface area contributed by atoms with Crippen LogP contribution in [-0.4, -0.2) is 15.9 Å². The van der Waals surface area contributed by atoms with Gasteiger partial charge >= 0.3 is 0 Å². The summed E-state index contributed by atoms with van der Waals surface area (Å²) in [6, 6.07) is 10.3. The fourth-order valence-electron chi connectivity index (χ4n) is 1.83. The minimum absolute atomic E-state index is 0.0591. The van der Waals surface area contributed by atoms with Gasteiger partial charge < -0.3 is 5.11 Å².